The summed E-state index contributed by atoms with van der Waals surface area (Å²) in [5.41, 5.74) is 2.40. The van der Waals surface area contributed by atoms with Crippen molar-refractivity contribution in [1.82, 2.24) is 5.32 Å². The quantitative estimate of drug-likeness (QED) is 0.831. The van der Waals surface area contributed by atoms with E-state index in [9.17, 15) is 4.79 Å². The molecule has 1 aromatic rings. The summed E-state index contributed by atoms with van der Waals surface area (Å²) in [6.45, 7) is 4.56. The Morgan fingerprint density at radius 2 is 2.29 bits per heavy atom. The summed E-state index contributed by atoms with van der Waals surface area (Å²) in [7, 11) is 0. The van der Waals surface area contributed by atoms with E-state index in [0.29, 0.717) is 0 Å². The lowest BCUT2D eigenvalue weighted by atomic mass is 10.1. The van der Waals surface area contributed by atoms with Crippen LogP contribution in [0.4, 0.5) is 5.69 Å². The molecule has 0 bridgehead atoms. The monoisotopic (exact) mass is 234 g/mol. The van der Waals surface area contributed by atoms with E-state index in [0.717, 1.165) is 25.3 Å². The molecule has 0 amide bonds. The third-order valence-electron chi connectivity index (χ3n) is 3.15. The highest BCUT2D eigenvalue weighted by Gasteiger charge is 2.21. The highest BCUT2D eigenvalue weighted by atomic mass is 16.4. The molecule has 0 aromatic heterocycles. The molecule has 1 heterocycles. The van der Waals surface area contributed by atoms with Crippen molar-refractivity contribution in [2.75, 3.05) is 18.0 Å². The molecule has 92 valence electrons. The fourth-order valence-corrected chi connectivity index (χ4v) is 2.30. The molecule has 0 saturated heterocycles. The number of nitrogens with one attached hydrogen (secondary N) is 1. The molecule has 2 rings (SSSR count). The summed E-state index contributed by atoms with van der Waals surface area (Å²) in [5.74, 6) is -0.743. The lowest BCUT2D eigenvalue weighted by molar-refractivity contribution is -0.137. The number of aliphatic carboxylic acids is 1. The van der Waals surface area contributed by atoms with Crippen LogP contribution in [-0.4, -0.2) is 30.2 Å². The van der Waals surface area contributed by atoms with E-state index in [1.807, 2.05) is 19.1 Å². The van der Waals surface area contributed by atoms with Crippen LogP contribution in [0.2, 0.25) is 0 Å². The fourth-order valence-electron chi connectivity index (χ4n) is 2.30. The maximum atomic E-state index is 10.8. The second-order valence-electron chi connectivity index (χ2n) is 4.45. The largest absolute Gasteiger partial charge is 0.481 e. The zero-order chi connectivity index (χ0) is 12.3. The van der Waals surface area contributed by atoms with Crippen molar-refractivity contribution in [2.24, 2.45) is 0 Å². The Morgan fingerprint density at radius 3 is 3.06 bits per heavy atom. The SMILES string of the molecule is CC(CC(=O)O)N1CCNCc2ccccc21. The molecule has 1 atom stereocenters. The van der Waals surface area contributed by atoms with Gasteiger partial charge in [-0.25, -0.2) is 0 Å². The maximum absolute atomic E-state index is 10.8. The Hall–Kier alpha value is -1.55. The van der Waals surface area contributed by atoms with Crippen molar-refractivity contribution in [2.45, 2.75) is 25.9 Å². The molecule has 0 fully saturated rings. The molecule has 1 aromatic carbocycles. The number of carboxylic acids is 1. The van der Waals surface area contributed by atoms with Gasteiger partial charge in [-0.15, -0.1) is 0 Å². The van der Waals surface area contributed by atoms with Gasteiger partial charge in [-0.3, -0.25) is 4.79 Å². The molecule has 0 radical (unpaired) electrons. The topological polar surface area (TPSA) is 52.6 Å². The summed E-state index contributed by atoms with van der Waals surface area (Å²) >= 11 is 0. The number of fused-ring (bicyclic) bond motifs is 1. The lowest BCUT2D eigenvalue weighted by Crippen LogP contribution is -2.37. The van der Waals surface area contributed by atoms with Crippen LogP contribution in [0.1, 0.15) is 18.9 Å². The van der Waals surface area contributed by atoms with Crippen LogP contribution in [-0.2, 0) is 11.3 Å². The molecular formula is C13H18N2O2. The van der Waals surface area contributed by atoms with E-state index in [4.69, 9.17) is 5.11 Å². The van der Waals surface area contributed by atoms with E-state index in [2.05, 4.69) is 22.3 Å². The first kappa shape index (κ1) is 11.9. The van der Waals surface area contributed by atoms with Crippen LogP contribution in [0.5, 0.6) is 0 Å². The van der Waals surface area contributed by atoms with Gasteiger partial charge in [-0.1, -0.05) is 18.2 Å². The molecule has 2 N–H and O–H groups in total. The highest BCUT2D eigenvalue weighted by molar-refractivity contribution is 5.69. The number of hydrogen-bond donors (Lipinski definition) is 2. The van der Waals surface area contributed by atoms with E-state index >= 15 is 0 Å². The number of nitrogens with zero attached hydrogens (tertiary/aromatic N) is 1. The van der Waals surface area contributed by atoms with Gasteiger partial charge >= 0.3 is 5.97 Å². The van der Waals surface area contributed by atoms with Gasteiger partial charge < -0.3 is 15.3 Å². The Labute approximate surface area is 101 Å². The van der Waals surface area contributed by atoms with E-state index < -0.39 is 5.97 Å². The first-order valence-electron chi connectivity index (χ1n) is 5.95. The lowest BCUT2D eigenvalue weighted by Gasteiger charge is -2.30. The van der Waals surface area contributed by atoms with Crippen LogP contribution in [0.15, 0.2) is 24.3 Å². The van der Waals surface area contributed by atoms with Gasteiger partial charge in [0.1, 0.15) is 0 Å². The zero-order valence-electron chi connectivity index (χ0n) is 10.0. The van der Waals surface area contributed by atoms with Gasteiger partial charge in [0.15, 0.2) is 0 Å². The van der Waals surface area contributed by atoms with Crippen molar-refractivity contribution in [3.63, 3.8) is 0 Å². The molecule has 4 nitrogen and oxygen atoms in total. The third kappa shape index (κ3) is 2.77. The summed E-state index contributed by atoms with van der Waals surface area (Å²) < 4.78 is 0. The van der Waals surface area contributed by atoms with E-state index in [1.165, 1.54) is 5.56 Å². The minimum atomic E-state index is -0.743. The average Bonchev–Trinajstić information content (AvgIpc) is 2.50. The standard InChI is InChI=1S/C13H18N2O2/c1-10(8-13(16)17)15-7-6-14-9-11-4-2-3-5-12(11)15/h2-5,10,14H,6-9H2,1H3,(H,16,17). The molecule has 0 saturated carbocycles. The van der Waals surface area contributed by atoms with Gasteiger partial charge in [-0.05, 0) is 18.6 Å². The minimum Gasteiger partial charge on any atom is -0.481 e. The first-order valence-corrected chi connectivity index (χ1v) is 5.95. The molecule has 1 unspecified atom stereocenters. The molecule has 17 heavy (non-hydrogen) atoms. The minimum absolute atomic E-state index is 0.0218. The number of carbonyl (C=O) groups is 1. The predicted octanol–water partition coefficient (Wildman–Crippen LogP) is 1.46. The van der Waals surface area contributed by atoms with Gasteiger partial charge in [0, 0.05) is 31.4 Å². The highest BCUT2D eigenvalue weighted by Crippen LogP contribution is 2.24. The Balaban J connectivity index is 2.25. The molecule has 0 spiro atoms. The van der Waals surface area contributed by atoms with E-state index in [1.54, 1.807) is 0 Å². The second kappa shape index (κ2) is 5.19. The number of rotatable bonds is 3. The summed E-state index contributed by atoms with van der Waals surface area (Å²) in [5, 5.41) is 12.2. The normalized spacial score (nSPS) is 17.1. The Bertz CT molecular complexity index is 406. The molecule has 1 aliphatic heterocycles. The van der Waals surface area contributed by atoms with Crippen LogP contribution >= 0.6 is 0 Å². The number of hydrogen-bond acceptors (Lipinski definition) is 3. The summed E-state index contributed by atoms with van der Waals surface area (Å²) in [6, 6.07) is 8.21. The molecule has 1 aliphatic rings. The Kier molecular flexibility index (Phi) is 3.64. The summed E-state index contributed by atoms with van der Waals surface area (Å²) in [6.07, 6.45) is 0.175. The second-order valence-corrected chi connectivity index (χ2v) is 4.45. The smallest absolute Gasteiger partial charge is 0.305 e. The van der Waals surface area contributed by atoms with Crippen molar-refractivity contribution < 1.29 is 9.90 Å². The number of benzene rings is 1. The van der Waals surface area contributed by atoms with Crippen molar-refractivity contribution in [1.29, 1.82) is 0 Å². The van der Waals surface area contributed by atoms with Crippen LogP contribution in [0, 0.1) is 0 Å². The van der Waals surface area contributed by atoms with Crippen molar-refractivity contribution in [3.8, 4) is 0 Å². The van der Waals surface area contributed by atoms with Gasteiger partial charge in [0.2, 0.25) is 0 Å². The fraction of sp³-hybridized carbons (Fsp3) is 0.462. The number of anilines is 1. The van der Waals surface area contributed by atoms with E-state index in [-0.39, 0.29) is 12.5 Å². The maximum Gasteiger partial charge on any atom is 0.305 e. The summed E-state index contributed by atoms with van der Waals surface area (Å²) in [4.78, 5) is 13.0. The third-order valence-corrected chi connectivity index (χ3v) is 3.15. The van der Waals surface area contributed by atoms with Crippen LogP contribution in [0.25, 0.3) is 0 Å². The predicted molar refractivity (Wildman–Crippen MR) is 67.2 cm³/mol. The average molecular weight is 234 g/mol. The molecule has 4 heteroatoms. The van der Waals surface area contributed by atoms with Crippen LogP contribution < -0.4 is 10.2 Å². The molecular weight excluding hydrogens is 216 g/mol. The zero-order valence-corrected chi connectivity index (χ0v) is 10.0. The van der Waals surface area contributed by atoms with Crippen molar-refractivity contribution in [3.05, 3.63) is 29.8 Å². The molecule has 0 aliphatic carbocycles. The van der Waals surface area contributed by atoms with Crippen molar-refractivity contribution >= 4 is 11.7 Å². The number of para-hydroxylation sites is 1. The first-order chi connectivity index (χ1) is 8.18. The van der Waals surface area contributed by atoms with Crippen LogP contribution in [0.3, 0.4) is 0 Å². The van der Waals surface area contributed by atoms with Gasteiger partial charge in [0.25, 0.3) is 0 Å². The Morgan fingerprint density at radius 1 is 1.53 bits per heavy atom. The van der Waals surface area contributed by atoms with Gasteiger partial charge in [-0.2, -0.15) is 0 Å². The number of carboxylic acid groups (broad SMARTS) is 1. The van der Waals surface area contributed by atoms with Gasteiger partial charge in [0.05, 0.1) is 6.42 Å².